The molecule has 0 saturated carbocycles. The smallest absolute Gasteiger partial charge is 0.288 e. The number of anilines is 2. The molecule has 1 atom stereocenters. The summed E-state index contributed by atoms with van der Waals surface area (Å²) in [6, 6.07) is 8.91. The average molecular weight is 611 g/mol. The van der Waals surface area contributed by atoms with Crippen LogP contribution in [0.2, 0.25) is 0 Å². The molecule has 5 aromatic rings. The van der Waals surface area contributed by atoms with Gasteiger partial charge in [-0.05, 0) is 74.2 Å². The minimum absolute atomic E-state index is 0.0252. The Hall–Kier alpha value is -4.81. The maximum atomic E-state index is 15.3. The molecule has 1 aliphatic rings. The third kappa shape index (κ3) is 5.51. The van der Waals surface area contributed by atoms with Gasteiger partial charge in [0, 0.05) is 40.5 Å². The van der Waals surface area contributed by atoms with Crippen molar-refractivity contribution in [3.05, 3.63) is 97.7 Å². The Bertz CT molecular complexity index is 2030. The van der Waals surface area contributed by atoms with E-state index in [-0.39, 0.29) is 27.9 Å². The monoisotopic (exact) mass is 610 g/mol. The van der Waals surface area contributed by atoms with Crippen molar-refractivity contribution in [2.75, 3.05) is 18.9 Å². The molecule has 0 amide bonds. The van der Waals surface area contributed by atoms with Crippen molar-refractivity contribution in [2.24, 2.45) is 0 Å². The second-order valence-corrected chi connectivity index (χ2v) is 12.5. The van der Waals surface area contributed by atoms with E-state index in [4.69, 9.17) is 0 Å². The Morgan fingerprint density at radius 3 is 2.60 bits per heavy atom. The maximum absolute atomic E-state index is 15.3. The van der Waals surface area contributed by atoms with Crippen LogP contribution in [-0.4, -0.2) is 53.5 Å². The van der Waals surface area contributed by atoms with Crippen LogP contribution in [0.1, 0.15) is 61.9 Å². The Kier molecular flexibility index (Phi) is 7.79. The molecule has 0 unspecified atom stereocenters. The van der Waals surface area contributed by atoms with Crippen LogP contribution in [0.25, 0.3) is 27.8 Å². The molecule has 0 bridgehead atoms. The summed E-state index contributed by atoms with van der Waals surface area (Å²) in [5.41, 5.74) is 2.09. The number of pyridine rings is 2. The molecule has 12 heteroatoms. The van der Waals surface area contributed by atoms with E-state index in [1.807, 2.05) is 39.1 Å². The first-order valence-corrected chi connectivity index (χ1v) is 14.8. The van der Waals surface area contributed by atoms with Gasteiger partial charge in [0.25, 0.3) is 11.1 Å². The topological polar surface area (TPSA) is 142 Å². The first kappa shape index (κ1) is 30.2. The van der Waals surface area contributed by atoms with E-state index in [0.29, 0.717) is 34.1 Å². The van der Waals surface area contributed by atoms with Crippen LogP contribution in [0.15, 0.2) is 58.5 Å². The van der Waals surface area contributed by atoms with E-state index >= 15 is 4.39 Å². The standard InChI is InChI=1S/C33H35FN8O3/c1-18-28(39-40-31(44)29(18)38-26-9-8-19(15-36-26)25-7-6-12-41(25)5)22-10-11-35-30(23(22)17-43)42-32(45)27-20(16-37-42)13-21(14-24(27)34)33(2,3)4/h8-11,13-16,25,43H,6-7,12,17H2,1-5H3,(H,40,44)(H,36,38,39)/t25-/m0/s1. The summed E-state index contributed by atoms with van der Waals surface area (Å²) in [5, 5.41) is 25.0. The zero-order chi connectivity index (χ0) is 32.0. The van der Waals surface area contributed by atoms with Gasteiger partial charge in [-0.2, -0.15) is 14.9 Å². The molecule has 1 saturated heterocycles. The molecule has 3 N–H and O–H groups in total. The number of nitrogens with one attached hydrogen (secondary N) is 2. The number of aliphatic hydroxyl groups is 1. The van der Waals surface area contributed by atoms with Gasteiger partial charge in [0.15, 0.2) is 5.82 Å². The highest BCUT2D eigenvalue weighted by atomic mass is 19.1. The van der Waals surface area contributed by atoms with E-state index in [1.54, 1.807) is 19.1 Å². The number of aromatic nitrogens is 6. The van der Waals surface area contributed by atoms with E-state index in [1.165, 1.54) is 18.5 Å². The van der Waals surface area contributed by atoms with Crippen LogP contribution in [0.4, 0.5) is 15.9 Å². The summed E-state index contributed by atoms with van der Waals surface area (Å²) in [6.45, 7) is 8.12. The SMILES string of the molecule is Cc1c(-c2ccnc(-n3ncc4cc(C(C)(C)C)cc(F)c4c3=O)c2CO)n[nH]c(=O)c1Nc1ccc([C@@H]2CCCN2C)cn1. The third-order valence-corrected chi connectivity index (χ3v) is 8.52. The summed E-state index contributed by atoms with van der Waals surface area (Å²) in [6.07, 6.45) is 6.90. The number of rotatable bonds is 6. The first-order valence-electron chi connectivity index (χ1n) is 14.8. The van der Waals surface area contributed by atoms with E-state index in [2.05, 4.69) is 42.5 Å². The number of benzene rings is 1. The molecule has 1 aliphatic heterocycles. The summed E-state index contributed by atoms with van der Waals surface area (Å²) >= 11 is 0. The molecule has 5 heterocycles. The lowest BCUT2D eigenvalue weighted by atomic mass is 9.86. The predicted octanol–water partition coefficient (Wildman–Crippen LogP) is 4.67. The number of hydrogen-bond donors (Lipinski definition) is 3. The highest BCUT2D eigenvalue weighted by Crippen LogP contribution is 2.33. The van der Waals surface area contributed by atoms with Crippen molar-refractivity contribution >= 4 is 22.3 Å². The Morgan fingerprint density at radius 2 is 1.93 bits per heavy atom. The van der Waals surface area contributed by atoms with Crippen LogP contribution < -0.4 is 16.4 Å². The number of likely N-dealkylation sites (tertiary alicyclic amines) is 1. The van der Waals surface area contributed by atoms with Gasteiger partial charge in [0.1, 0.15) is 17.3 Å². The van der Waals surface area contributed by atoms with Crippen LogP contribution in [0.3, 0.4) is 0 Å². The zero-order valence-corrected chi connectivity index (χ0v) is 25.8. The number of fused-ring (bicyclic) bond motifs is 1. The molecule has 11 nitrogen and oxygen atoms in total. The normalized spacial score (nSPS) is 15.6. The molecule has 1 fully saturated rings. The molecule has 0 radical (unpaired) electrons. The van der Waals surface area contributed by atoms with Crippen LogP contribution in [-0.2, 0) is 12.0 Å². The number of hydrogen-bond acceptors (Lipinski definition) is 9. The molecule has 6 rings (SSSR count). The fourth-order valence-corrected chi connectivity index (χ4v) is 5.94. The Labute approximate surface area is 258 Å². The summed E-state index contributed by atoms with van der Waals surface area (Å²) < 4.78 is 16.3. The third-order valence-electron chi connectivity index (χ3n) is 8.52. The van der Waals surface area contributed by atoms with Crippen LogP contribution in [0.5, 0.6) is 0 Å². The van der Waals surface area contributed by atoms with Crippen molar-refractivity contribution in [3.8, 4) is 17.1 Å². The molecule has 0 spiro atoms. The quantitative estimate of drug-likeness (QED) is 0.250. The summed E-state index contributed by atoms with van der Waals surface area (Å²) in [7, 11) is 2.10. The second kappa shape index (κ2) is 11.6. The Morgan fingerprint density at radius 1 is 1.13 bits per heavy atom. The van der Waals surface area contributed by atoms with Crippen LogP contribution in [0, 0.1) is 12.7 Å². The van der Waals surface area contributed by atoms with Gasteiger partial charge in [0.05, 0.1) is 23.9 Å². The minimum atomic E-state index is -0.711. The van der Waals surface area contributed by atoms with Crippen molar-refractivity contribution in [1.29, 1.82) is 0 Å². The zero-order valence-electron chi connectivity index (χ0n) is 25.8. The van der Waals surface area contributed by atoms with Crippen molar-refractivity contribution in [3.63, 3.8) is 0 Å². The van der Waals surface area contributed by atoms with Crippen molar-refractivity contribution < 1.29 is 9.50 Å². The van der Waals surface area contributed by atoms with Gasteiger partial charge >= 0.3 is 0 Å². The van der Waals surface area contributed by atoms with E-state index in [9.17, 15) is 14.7 Å². The number of H-pyrrole nitrogens is 1. The largest absolute Gasteiger partial charge is 0.392 e. The van der Waals surface area contributed by atoms with Crippen LogP contribution >= 0.6 is 0 Å². The minimum Gasteiger partial charge on any atom is -0.392 e. The lowest BCUT2D eigenvalue weighted by molar-refractivity contribution is 0.281. The van der Waals surface area contributed by atoms with Crippen molar-refractivity contribution in [2.45, 2.75) is 58.6 Å². The maximum Gasteiger partial charge on any atom is 0.288 e. The van der Waals surface area contributed by atoms with Gasteiger partial charge in [-0.25, -0.2) is 19.5 Å². The highest BCUT2D eigenvalue weighted by Gasteiger charge is 2.24. The molecule has 232 valence electrons. The van der Waals surface area contributed by atoms with E-state index < -0.39 is 23.5 Å². The highest BCUT2D eigenvalue weighted by molar-refractivity contribution is 5.83. The molecular formula is C33H35FN8O3. The Balaban J connectivity index is 1.40. The summed E-state index contributed by atoms with van der Waals surface area (Å²) in [4.78, 5) is 37.7. The van der Waals surface area contributed by atoms with Crippen molar-refractivity contribution in [1.82, 2.24) is 34.8 Å². The molecule has 0 aliphatic carbocycles. The lowest BCUT2D eigenvalue weighted by Crippen LogP contribution is -2.25. The fraction of sp³-hybridized carbons (Fsp3) is 0.333. The fourth-order valence-electron chi connectivity index (χ4n) is 5.94. The molecular weight excluding hydrogens is 575 g/mol. The van der Waals surface area contributed by atoms with Gasteiger partial charge in [-0.3, -0.25) is 14.5 Å². The molecule has 4 aromatic heterocycles. The number of nitrogens with zero attached hydrogens (tertiary/aromatic N) is 6. The second-order valence-electron chi connectivity index (χ2n) is 12.5. The lowest BCUT2D eigenvalue weighted by Gasteiger charge is -2.20. The van der Waals surface area contributed by atoms with Gasteiger partial charge < -0.3 is 10.4 Å². The van der Waals surface area contributed by atoms with Gasteiger partial charge in [0.2, 0.25) is 0 Å². The summed E-state index contributed by atoms with van der Waals surface area (Å²) in [5.74, 6) is -0.144. The van der Waals surface area contributed by atoms with Gasteiger partial charge in [-0.1, -0.05) is 26.8 Å². The number of halogens is 1. The average Bonchev–Trinajstić information content (AvgIpc) is 3.44. The first-order chi connectivity index (χ1) is 21.5. The van der Waals surface area contributed by atoms with Gasteiger partial charge in [-0.15, -0.1) is 0 Å². The number of aromatic amines is 1. The van der Waals surface area contributed by atoms with E-state index in [0.717, 1.165) is 35.2 Å². The molecule has 1 aromatic carbocycles. The molecule has 45 heavy (non-hydrogen) atoms. The predicted molar refractivity (Wildman–Crippen MR) is 170 cm³/mol. The number of aliphatic hydroxyl groups excluding tert-OH is 1.